The highest BCUT2D eigenvalue weighted by molar-refractivity contribution is 7.78. The van der Waals surface area contributed by atoms with Crippen molar-refractivity contribution in [2.75, 3.05) is 0 Å². The van der Waals surface area contributed by atoms with Crippen molar-refractivity contribution < 1.29 is 8.76 Å². The van der Waals surface area contributed by atoms with E-state index >= 15 is 0 Å². The fourth-order valence-electron chi connectivity index (χ4n) is 1.29. The molecule has 2 nitrogen and oxygen atoms in total. The largest absolute Gasteiger partial charge is 0.772 e. The third-order valence-electron chi connectivity index (χ3n) is 1.57. The van der Waals surface area contributed by atoms with E-state index in [0.29, 0.717) is 0 Å². The normalized spacial score (nSPS) is 12.9. The molecule has 0 amide bonds. The fourth-order valence-corrected chi connectivity index (χ4v) is 1.73. The van der Waals surface area contributed by atoms with Crippen LogP contribution in [0.1, 0.15) is 16.7 Å². The molecule has 1 atom stereocenters. The number of aryl methyl sites for hydroxylation is 2. The highest BCUT2D eigenvalue weighted by Crippen LogP contribution is 2.09. The first kappa shape index (κ1) is 9.42. The van der Waals surface area contributed by atoms with Gasteiger partial charge in [0.05, 0.1) is 0 Å². The zero-order valence-electron chi connectivity index (χ0n) is 7.16. The molecule has 1 aromatic carbocycles. The van der Waals surface area contributed by atoms with Crippen LogP contribution in [-0.2, 0) is 16.8 Å². The zero-order chi connectivity index (χ0) is 9.14. The molecule has 0 bridgehead atoms. The molecular formula is C9H11O2S-. The summed E-state index contributed by atoms with van der Waals surface area (Å²) < 4.78 is 20.8. The second-order valence-corrected chi connectivity index (χ2v) is 3.84. The second-order valence-electron chi connectivity index (χ2n) is 2.94. The smallest absolute Gasteiger partial charge is 0.0353 e. The van der Waals surface area contributed by atoms with Crippen molar-refractivity contribution in [3.8, 4) is 0 Å². The highest BCUT2D eigenvalue weighted by Gasteiger charge is 1.95. The molecule has 3 heteroatoms. The minimum Gasteiger partial charge on any atom is -0.772 e. The van der Waals surface area contributed by atoms with Gasteiger partial charge >= 0.3 is 0 Å². The summed E-state index contributed by atoms with van der Waals surface area (Å²) in [5, 5.41) is 0. The van der Waals surface area contributed by atoms with Crippen LogP contribution >= 0.6 is 0 Å². The van der Waals surface area contributed by atoms with E-state index in [2.05, 4.69) is 0 Å². The Labute approximate surface area is 74.9 Å². The molecule has 0 aliphatic carbocycles. The standard InChI is InChI=1S/C9H12O2S/c1-7-3-8(2)5-9(4-7)6-12(10)11/h3-5H,6H2,1-2H3,(H,10,11)/p-1. The van der Waals surface area contributed by atoms with Crippen molar-refractivity contribution in [2.24, 2.45) is 0 Å². The van der Waals surface area contributed by atoms with E-state index < -0.39 is 11.1 Å². The van der Waals surface area contributed by atoms with Crippen LogP contribution in [0.15, 0.2) is 18.2 Å². The average Bonchev–Trinajstić information content (AvgIpc) is 1.81. The highest BCUT2D eigenvalue weighted by atomic mass is 32.2. The summed E-state index contributed by atoms with van der Waals surface area (Å²) in [4.78, 5) is 0. The van der Waals surface area contributed by atoms with Crippen LogP contribution in [0.2, 0.25) is 0 Å². The lowest BCUT2D eigenvalue weighted by Crippen LogP contribution is -1.94. The summed E-state index contributed by atoms with van der Waals surface area (Å²) in [6.07, 6.45) is 0. The summed E-state index contributed by atoms with van der Waals surface area (Å²) in [5.74, 6) is 0.114. The molecule has 0 saturated carbocycles. The first-order valence-electron chi connectivity index (χ1n) is 3.71. The Balaban J connectivity index is 2.93. The Morgan fingerprint density at radius 3 is 2.17 bits per heavy atom. The van der Waals surface area contributed by atoms with Gasteiger partial charge in [-0.25, -0.2) is 0 Å². The zero-order valence-corrected chi connectivity index (χ0v) is 7.98. The van der Waals surface area contributed by atoms with Crippen LogP contribution in [0.5, 0.6) is 0 Å². The van der Waals surface area contributed by atoms with Gasteiger partial charge in [-0.1, -0.05) is 40.4 Å². The molecule has 66 valence electrons. The van der Waals surface area contributed by atoms with Crippen molar-refractivity contribution in [2.45, 2.75) is 19.6 Å². The second kappa shape index (κ2) is 3.83. The molecule has 0 heterocycles. The molecule has 1 unspecified atom stereocenters. The third-order valence-corrected chi connectivity index (χ3v) is 2.14. The van der Waals surface area contributed by atoms with Gasteiger partial charge in [-0.2, -0.15) is 0 Å². The number of hydrogen-bond donors (Lipinski definition) is 0. The minimum atomic E-state index is -1.98. The molecule has 0 saturated heterocycles. The molecule has 0 spiro atoms. The van der Waals surface area contributed by atoms with Gasteiger partial charge in [0.25, 0.3) is 0 Å². The first-order chi connectivity index (χ1) is 5.58. The van der Waals surface area contributed by atoms with E-state index in [1.165, 1.54) is 0 Å². The maximum atomic E-state index is 10.4. The maximum absolute atomic E-state index is 10.4. The van der Waals surface area contributed by atoms with Crippen LogP contribution in [0, 0.1) is 13.8 Å². The Morgan fingerprint density at radius 2 is 1.75 bits per heavy atom. The van der Waals surface area contributed by atoms with Gasteiger partial charge in [0.1, 0.15) is 0 Å². The molecule has 1 rings (SSSR count). The van der Waals surface area contributed by atoms with Crippen molar-refractivity contribution in [3.05, 3.63) is 34.9 Å². The quantitative estimate of drug-likeness (QED) is 0.654. The van der Waals surface area contributed by atoms with Gasteiger partial charge in [-0.05, 0) is 19.4 Å². The Hall–Kier alpha value is -0.670. The SMILES string of the molecule is Cc1cc(C)cc(CS(=O)[O-])c1. The average molecular weight is 183 g/mol. The van der Waals surface area contributed by atoms with E-state index in [4.69, 9.17) is 0 Å². The third kappa shape index (κ3) is 2.75. The molecule has 0 fully saturated rings. The van der Waals surface area contributed by atoms with Crippen molar-refractivity contribution in [1.29, 1.82) is 0 Å². The molecule has 0 aliphatic rings. The molecule has 0 aromatic heterocycles. The summed E-state index contributed by atoms with van der Waals surface area (Å²) in [5.41, 5.74) is 3.08. The predicted molar refractivity (Wildman–Crippen MR) is 48.5 cm³/mol. The van der Waals surface area contributed by atoms with E-state index in [1.54, 1.807) is 0 Å². The monoisotopic (exact) mass is 183 g/mol. The molecule has 0 aliphatic heterocycles. The van der Waals surface area contributed by atoms with Gasteiger partial charge in [-0.15, -0.1) is 0 Å². The summed E-state index contributed by atoms with van der Waals surface area (Å²) in [6.45, 7) is 3.93. The Kier molecular flexibility index (Phi) is 3.00. The topological polar surface area (TPSA) is 40.1 Å². The van der Waals surface area contributed by atoms with Crippen molar-refractivity contribution >= 4 is 11.1 Å². The van der Waals surface area contributed by atoms with E-state index in [0.717, 1.165) is 16.7 Å². The summed E-state index contributed by atoms with van der Waals surface area (Å²) in [6, 6.07) is 5.81. The number of rotatable bonds is 2. The minimum absolute atomic E-state index is 0.114. The molecule has 0 N–H and O–H groups in total. The Bertz CT molecular complexity index is 287. The summed E-state index contributed by atoms with van der Waals surface area (Å²) in [7, 11) is 0. The molecule has 12 heavy (non-hydrogen) atoms. The van der Waals surface area contributed by atoms with Crippen LogP contribution in [-0.4, -0.2) is 8.76 Å². The fraction of sp³-hybridized carbons (Fsp3) is 0.333. The van der Waals surface area contributed by atoms with Crippen molar-refractivity contribution in [1.82, 2.24) is 0 Å². The first-order valence-corrected chi connectivity index (χ1v) is 4.95. The van der Waals surface area contributed by atoms with Gasteiger partial charge in [0, 0.05) is 5.75 Å². The van der Waals surface area contributed by atoms with Gasteiger partial charge in [-0.3, -0.25) is 4.21 Å². The van der Waals surface area contributed by atoms with Crippen LogP contribution < -0.4 is 0 Å². The summed E-state index contributed by atoms with van der Waals surface area (Å²) >= 11 is -1.98. The van der Waals surface area contributed by atoms with Crippen molar-refractivity contribution in [3.63, 3.8) is 0 Å². The van der Waals surface area contributed by atoms with Crippen LogP contribution in [0.25, 0.3) is 0 Å². The Morgan fingerprint density at radius 1 is 1.25 bits per heavy atom. The van der Waals surface area contributed by atoms with E-state index in [-0.39, 0.29) is 5.75 Å². The van der Waals surface area contributed by atoms with E-state index in [1.807, 2.05) is 32.0 Å². The molecular weight excluding hydrogens is 172 g/mol. The van der Waals surface area contributed by atoms with E-state index in [9.17, 15) is 8.76 Å². The van der Waals surface area contributed by atoms with Gasteiger partial charge in [0.15, 0.2) is 0 Å². The lowest BCUT2D eigenvalue weighted by atomic mass is 10.1. The lowest BCUT2D eigenvalue weighted by Gasteiger charge is -2.06. The van der Waals surface area contributed by atoms with Crippen LogP contribution in [0.4, 0.5) is 0 Å². The van der Waals surface area contributed by atoms with Gasteiger partial charge in [0.2, 0.25) is 0 Å². The molecule has 0 radical (unpaired) electrons. The molecule has 1 aromatic rings. The van der Waals surface area contributed by atoms with Crippen LogP contribution in [0.3, 0.4) is 0 Å². The number of benzene rings is 1. The van der Waals surface area contributed by atoms with Gasteiger partial charge < -0.3 is 4.55 Å². The predicted octanol–water partition coefficient (Wildman–Crippen LogP) is 1.68. The number of hydrogen-bond acceptors (Lipinski definition) is 2. The lowest BCUT2D eigenvalue weighted by molar-refractivity contribution is 0.536. The maximum Gasteiger partial charge on any atom is 0.0353 e.